The first kappa shape index (κ1) is 14.2. The molecule has 0 saturated heterocycles. The van der Waals surface area contributed by atoms with E-state index in [4.69, 9.17) is 0 Å². The van der Waals surface area contributed by atoms with Crippen LogP contribution in [0.25, 0.3) is 0 Å². The molecule has 1 atom stereocenters. The maximum Gasteiger partial charge on any atom is 0.222 e. The van der Waals surface area contributed by atoms with Crippen molar-refractivity contribution in [1.29, 1.82) is 0 Å². The van der Waals surface area contributed by atoms with E-state index in [1.54, 1.807) is 0 Å². The number of rotatable bonds is 5. The summed E-state index contributed by atoms with van der Waals surface area (Å²) in [6.07, 6.45) is 2.38. The highest BCUT2D eigenvalue weighted by molar-refractivity contribution is 9.10. The Labute approximate surface area is 112 Å². The molecule has 94 valence electrons. The van der Waals surface area contributed by atoms with Crippen molar-refractivity contribution >= 4 is 21.8 Å². The van der Waals surface area contributed by atoms with Crippen molar-refractivity contribution in [3.05, 3.63) is 34.3 Å². The van der Waals surface area contributed by atoms with E-state index in [0.29, 0.717) is 12.5 Å². The second-order valence-corrected chi connectivity index (χ2v) is 5.31. The fourth-order valence-electron chi connectivity index (χ4n) is 1.64. The van der Waals surface area contributed by atoms with E-state index in [0.717, 1.165) is 17.3 Å². The Morgan fingerprint density at radius 2 is 2.18 bits per heavy atom. The lowest BCUT2D eigenvalue weighted by molar-refractivity contribution is -0.131. The molecule has 0 aromatic heterocycles. The molecule has 0 fully saturated rings. The Bertz CT molecular complexity index is 378. The van der Waals surface area contributed by atoms with Crippen LogP contribution >= 0.6 is 15.9 Å². The van der Waals surface area contributed by atoms with Gasteiger partial charge in [0.1, 0.15) is 0 Å². The van der Waals surface area contributed by atoms with Gasteiger partial charge in [-0.2, -0.15) is 0 Å². The van der Waals surface area contributed by atoms with Crippen molar-refractivity contribution in [3.63, 3.8) is 0 Å². The normalized spacial score (nSPS) is 12.2. The lowest BCUT2D eigenvalue weighted by Gasteiger charge is -2.23. The van der Waals surface area contributed by atoms with Crippen LogP contribution in [0.1, 0.15) is 32.3 Å². The van der Waals surface area contributed by atoms with E-state index in [-0.39, 0.29) is 5.91 Å². The van der Waals surface area contributed by atoms with Gasteiger partial charge in [0.05, 0.1) is 0 Å². The van der Waals surface area contributed by atoms with Crippen LogP contribution in [0.5, 0.6) is 0 Å². The van der Waals surface area contributed by atoms with Crippen LogP contribution in [0.2, 0.25) is 0 Å². The molecule has 0 saturated carbocycles. The molecule has 0 aliphatic carbocycles. The van der Waals surface area contributed by atoms with E-state index in [2.05, 4.69) is 41.9 Å². The molecule has 1 amide bonds. The molecule has 0 N–H and O–H groups in total. The minimum atomic E-state index is 0.222. The van der Waals surface area contributed by atoms with Crippen molar-refractivity contribution in [2.45, 2.75) is 39.2 Å². The van der Waals surface area contributed by atoms with Crippen LogP contribution in [0.15, 0.2) is 28.7 Å². The molecule has 2 nitrogen and oxygen atoms in total. The Hall–Kier alpha value is -0.830. The lowest BCUT2D eigenvalue weighted by Crippen LogP contribution is -2.34. The van der Waals surface area contributed by atoms with Crippen molar-refractivity contribution < 1.29 is 4.79 Å². The van der Waals surface area contributed by atoms with Gasteiger partial charge in [-0.1, -0.05) is 35.0 Å². The molecule has 1 aromatic carbocycles. The Balaban J connectivity index is 2.48. The number of hydrogen-bond acceptors (Lipinski definition) is 1. The van der Waals surface area contributed by atoms with Gasteiger partial charge in [-0.15, -0.1) is 0 Å². The number of aryl methyl sites for hydroxylation is 1. The molecule has 17 heavy (non-hydrogen) atoms. The molecule has 0 heterocycles. The Kier molecular flexibility index (Phi) is 5.69. The lowest BCUT2D eigenvalue weighted by atomic mass is 10.1. The number of amides is 1. The summed E-state index contributed by atoms with van der Waals surface area (Å²) in [4.78, 5) is 13.8. The minimum absolute atomic E-state index is 0.222. The monoisotopic (exact) mass is 297 g/mol. The second-order valence-electron chi connectivity index (χ2n) is 4.39. The van der Waals surface area contributed by atoms with Crippen LogP contribution in [-0.2, 0) is 11.2 Å². The highest BCUT2D eigenvalue weighted by Gasteiger charge is 2.13. The summed E-state index contributed by atoms with van der Waals surface area (Å²) in [6, 6.07) is 8.45. The van der Waals surface area contributed by atoms with Gasteiger partial charge in [-0.3, -0.25) is 4.79 Å². The minimum Gasteiger partial charge on any atom is -0.343 e. The van der Waals surface area contributed by atoms with Gasteiger partial charge in [0.25, 0.3) is 0 Å². The quantitative estimate of drug-likeness (QED) is 0.812. The first-order valence-electron chi connectivity index (χ1n) is 6.04. The second kappa shape index (κ2) is 6.80. The molecule has 1 rings (SSSR count). The molecule has 0 aliphatic heterocycles. The molecule has 0 aliphatic rings. The summed E-state index contributed by atoms with van der Waals surface area (Å²) in [5, 5.41) is 0. The van der Waals surface area contributed by atoms with Crippen molar-refractivity contribution in [3.8, 4) is 0 Å². The number of carbonyl (C=O) groups is 1. The molecular weight excluding hydrogens is 278 g/mol. The largest absolute Gasteiger partial charge is 0.343 e. The van der Waals surface area contributed by atoms with Gasteiger partial charge in [-0.25, -0.2) is 0 Å². The molecule has 1 aromatic rings. The standard InChI is InChI=1S/C14H20BrNO/c1-4-11(2)16(3)14(17)9-8-12-6-5-7-13(15)10-12/h5-7,10-11H,4,8-9H2,1-3H3. The average Bonchev–Trinajstić information content (AvgIpc) is 2.34. The molecule has 3 heteroatoms. The summed E-state index contributed by atoms with van der Waals surface area (Å²) in [5.41, 5.74) is 1.20. The predicted octanol–water partition coefficient (Wildman–Crippen LogP) is 3.64. The number of halogens is 1. The van der Waals surface area contributed by atoms with Gasteiger partial charge in [-0.05, 0) is 37.5 Å². The van der Waals surface area contributed by atoms with E-state index >= 15 is 0 Å². The Morgan fingerprint density at radius 1 is 1.47 bits per heavy atom. The molecule has 0 spiro atoms. The third-order valence-corrected chi connectivity index (χ3v) is 3.66. The smallest absolute Gasteiger partial charge is 0.222 e. The van der Waals surface area contributed by atoms with Crippen molar-refractivity contribution in [1.82, 2.24) is 4.90 Å². The third kappa shape index (κ3) is 4.50. The first-order chi connectivity index (χ1) is 8.04. The zero-order valence-electron chi connectivity index (χ0n) is 10.7. The number of hydrogen-bond donors (Lipinski definition) is 0. The highest BCUT2D eigenvalue weighted by atomic mass is 79.9. The fraction of sp³-hybridized carbons (Fsp3) is 0.500. The first-order valence-corrected chi connectivity index (χ1v) is 6.84. The molecule has 0 radical (unpaired) electrons. The van der Waals surface area contributed by atoms with Gasteiger partial charge >= 0.3 is 0 Å². The Morgan fingerprint density at radius 3 is 2.76 bits per heavy atom. The summed E-state index contributed by atoms with van der Waals surface area (Å²) in [5.74, 6) is 0.222. The van der Waals surface area contributed by atoms with E-state index < -0.39 is 0 Å². The van der Waals surface area contributed by atoms with E-state index in [1.807, 2.05) is 24.1 Å². The van der Waals surface area contributed by atoms with Crippen LogP contribution in [-0.4, -0.2) is 23.9 Å². The fourth-order valence-corrected chi connectivity index (χ4v) is 2.09. The van der Waals surface area contributed by atoms with Crippen LogP contribution in [0, 0.1) is 0 Å². The molecule has 0 bridgehead atoms. The van der Waals surface area contributed by atoms with Gasteiger partial charge in [0.15, 0.2) is 0 Å². The van der Waals surface area contributed by atoms with E-state index in [1.165, 1.54) is 5.56 Å². The molecule has 1 unspecified atom stereocenters. The third-order valence-electron chi connectivity index (χ3n) is 3.16. The van der Waals surface area contributed by atoms with Crippen LogP contribution in [0.4, 0.5) is 0 Å². The summed E-state index contributed by atoms with van der Waals surface area (Å²) in [7, 11) is 1.89. The maximum absolute atomic E-state index is 11.9. The summed E-state index contributed by atoms with van der Waals surface area (Å²) < 4.78 is 1.07. The predicted molar refractivity (Wildman–Crippen MR) is 75.0 cm³/mol. The van der Waals surface area contributed by atoms with E-state index in [9.17, 15) is 4.79 Å². The summed E-state index contributed by atoms with van der Waals surface area (Å²) in [6.45, 7) is 4.18. The van der Waals surface area contributed by atoms with Gasteiger partial charge in [0, 0.05) is 24.0 Å². The zero-order valence-corrected chi connectivity index (χ0v) is 12.3. The topological polar surface area (TPSA) is 20.3 Å². The van der Waals surface area contributed by atoms with Crippen LogP contribution in [0.3, 0.4) is 0 Å². The maximum atomic E-state index is 11.9. The highest BCUT2D eigenvalue weighted by Crippen LogP contribution is 2.13. The SMILES string of the molecule is CCC(C)N(C)C(=O)CCc1cccc(Br)c1. The van der Waals surface area contributed by atoms with Gasteiger partial charge < -0.3 is 4.90 Å². The van der Waals surface area contributed by atoms with Crippen molar-refractivity contribution in [2.75, 3.05) is 7.05 Å². The zero-order chi connectivity index (χ0) is 12.8. The number of nitrogens with zero attached hydrogens (tertiary/aromatic N) is 1. The number of carbonyl (C=O) groups excluding carboxylic acids is 1. The van der Waals surface area contributed by atoms with Crippen molar-refractivity contribution in [2.24, 2.45) is 0 Å². The molecular formula is C14H20BrNO. The summed E-state index contributed by atoms with van der Waals surface area (Å²) >= 11 is 3.44. The average molecular weight is 298 g/mol. The van der Waals surface area contributed by atoms with Crippen LogP contribution < -0.4 is 0 Å². The number of benzene rings is 1. The van der Waals surface area contributed by atoms with Gasteiger partial charge in [0.2, 0.25) is 5.91 Å².